The number of likely N-dealkylation sites (N-methyl/N-ethyl adjacent to an activating group) is 1. The third-order valence-corrected chi connectivity index (χ3v) is 2.69. The van der Waals surface area contributed by atoms with E-state index in [2.05, 4.69) is 10.6 Å². The van der Waals surface area contributed by atoms with E-state index in [1.54, 1.807) is 0 Å². The number of nitrogens with zero attached hydrogens (tertiary/aromatic N) is 1. The normalized spacial score (nSPS) is 24.4. The Bertz CT molecular complexity index is 273. The van der Waals surface area contributed by atoms with Crippen LogP contribution in [-0.4, -0.2) is 67.5 Å². The summed E-state index contributed by atoms with van der Waals surface area (Å²) < 4.78 is 36.7. The number of hydrogen-bond donors (Lipinski definition) is 3. The highest BCUT2D eigenvalue weighted by Crippen LogP contribution is 2.21. The minimum atomic E-state index is -4.65. The quantitative estimate of drug-likeness (QED) is 0.601. The average Bonchev–Trinajstić information content (AvgIpc) is 2.27. The second-order valence-electron chi connectivity index (χ2n) is 3.89. The van der Waals surface area contributed by atoms with E-state index in [4.69, 9.17) is 5.11 Å². The Kier molecular flexibility index (Phi) is 4.72. The molecule has 1 amide bonds. The van der Waals surface area contributed by atoms with Gasteiger partial charge in [-0.1, -0.05) is 0 Å². The molecule has 2 atom stereocenters. The standard InChI is InChI=1S/C9H16F3N3O2/c1-13-8(17)6-4-14-2-3-15(6)5-7(16)9(10,11)12/h6-7,14,16H,2-5H2,1H3,(H,13,17). The summed E-state index contributed by atoms with van der Waals surface area (Å²) >= 11 is 0. The summed E-state index contributed by atoms with van der Waals surface area (Å²) in [5.41, 5.74) is 0. The molecule has 8 heteroatoms. The molecule has 0 radical (unpaired) electrons. The Morgan fingerprint density at radius 3 is 2.82 bits per heavy atom. The first-order chi connectivity index (χ1) is 7.86. The van der Waals surface area contributed by atoms with Crippen molar-refractivity contribution in [3.63, 3.8) is 0 Å². The summed E-state index contributed by atoms with van der Waals surface area (Å²) in [5.74, 6) is -0.355. The highest BCUT2D eigenvalue weighted by molar-refractivity contribution is 5.81. The van der Waals surface area contributed by atoms with Gasteiger partial charge in [-0.05, 0) is 0 Å². The van der Waals surface area contributed by atoms with Gasteiger partial charge in [0.25, 0.3) is 0 Å². The number of alkyl halides is 3. The first-order valence-electron chi connectivity index (χ1n) is 5.27. The molecule has 1 rings (SSSR count). The summed E-state index contributed by atoms with van der Waals surface area (Å²) in [6, 6.07) is -0.675. The van der Waals surface area contributed by atoms with Crippen LogP contribution in [0.1, 0.15) is 0 Å². The molecule has 1 aliphatic heterocycles. The van der Waals surface area contributed by atoms with Gasteiger partial charge >= 0.3 is 6.18 Å². The van der Waals surface area contributed by atoms with Gasteiger partial charge in [0.2, 0.25) is 5.91 Å². The monoisotopic (exact) mass is 255 g/mol. The van der Waals surface area contributed by atoms with Crippen molar-refractivity contribution in [2.45, 2.75) is 18.3 Å². The second kappa shape index (κ2) is 5.65. The Morgan fingerprint density at radius 1 is 1.65 bits per heavy atom. The SMILES string of the molecule is CNC(=O)C1CNCCN1CC(O)C(F)(F)F. The highest BCUT2D eigenvalue weighted by Gasteiger charge is 2.41. The number of aliphatic hydroxyl groups excluding tert-OH is 1. The average molecular weight is 255 g/mol. The molecular formula is C9H16F3N3O2. The molecule has 1 heterocycles. The Hall–Kier alpha value is -0.860. The minimum absolute atomic E-state index is 0.282. The lowest BCUT2D eigenvalue weighted by Crippen LogP contribution is -2.59. The molecule has 3 N–H and O–H groups in total. The van der Waals surface area contributed by atoms with Gasteiger partial charge in [0.1, 0.15) is 6.04 Å². The van der Waals surface area contributed by atoms with Crippen molar-refractivity contribution >= 4 is 5.91 Å². The van der Waals surface area contributed by atoms with Gasteiger partial charge in [-0.25, -0.2) is 0 Å². The molecule has 0 aromatic heterocycles. The molecule has 100 valence electrons. The van der Waals surface area contributed by atoms with Gasteiger partial charge < -0.3 is 15.7 Å². The predicted octanol–water partition coefficient (Wildman–Crippen LogP) is -1.07. The van der Waals surface area contributed by atoms with Crippen LogP contribution in [0.25, 0.3) is 0 Å². The summed E-state index contributed by atoms with van der Waals surface area (Å²) in [6.07, 6.45) is -7.08. The topological polar surface area (TPSA) is 64.6 Å². The van der Waals surface area contributed by atoms with Crippen molar-refractivity contribution in [2.75, 3.05) is 33.2 Å². The summed E-state index contributed by atoms with van der Waals surface area (Å²) in [7, 11) is 1.43. The van der Waals surface area contributed by atoms with E-state index in [-0.39, 0.29) is 12.5 Å². The van der Waals surface area contributed by atoms with E-state index in [9.17, 15) is 18.0 Å². The largest absolute Gasteiger partial charge is 0.415 e. The zero-order chi connectivity index (χ0) is 13.1. The number of β-amino-alcohol motifs (C(OH)–C–C–N with tert-alkyl or cyclic N) is 1. The van der Waals surface area contributed by atoms with Crippen molar-refractivity contribution in [1.29, 1.82) is 0 Å². The zero-order valence-electron chi connectivity index (χ0n) is 9.42. The number of nitrogens with one attached hydrogen (secondary N) is 2. The maximum Gasteiger partial charge on any atom is 0.415 e. The lowest BCUT2D eigenvalue weighted by molar-refractivity contribution is -0.210. The fourth-order valence-electron chi connectivity index (χ4n) is 1.72. The first-order valence-corrected chi connectivity index (χ1v) is 5.27. The highest BCUT2D eigenvalue weighted by atomic mass is 19.4. The summed E-state index contributed by atoms with van der Waals surface area (Å²) in [6.45, 7) is 0.497. The molecule has 1 aliphatic rings. The van der Waals surface area contributed by atoms with E-state index in [1.807, 2.05) is 0 Å². The fourth-order valence-corrected chi connectivity index (χ4v) is 1.72. The molecule has 17 heavy (non-hydrogen) atoms. The molecule has 0 aliphatic carbocycles. The minimum Gasteiger partial charge on any atom is -0.382 e. The van der Waals surface area contributed by atoms with E-state index in [1.165, 1.54) is 11.9 Å². The number of carbonyl (C=O) groups excluding carboxylic acids is 1. The zero-order valence-corrected chi connectivity index (χ0v) is 9.42. The molecule has 2 unspecified atom stereocenters. The smallest absolute Gasteiger partial charge is 0.382 e. The molecule has 5 nitrogen and oxygen atoms in total. The van der Waals surface area contributed by atoms with Gasteiger partial charge in [0.15, 0.2) is 6.10 Å². The van der Waals surface area contributed by atoms with Crippen molar-refractivity contribution in [3.8, 4) is 0 Å². The van der Waals surface area contributed by atoms with Crippen molar-refractivity contribution < 1.29 is 23.1 Å². The van der Waals surface area contributed by atoms with Crippen molar-refractivity contribution in [3.05, 3.63) is 0 Å². The molecule has 0 bridgehead atoms. The fraction of sp³-hybridized carbons (Fsp3) is 0.889. The van der Waals surface area contributed by atoms with E-state index in [0.717, 1.165) is 0 Å². The van der Waals surface area contributed by atoms with Crippen LogP contribution in [0.2, 0.25) is 0 Å². The molecule has 1 saturated heterocycles. The number of rotatable bonds is 3. The van der Waals surface area contributed by atoms with Gasteiger partial charge in [0.05, 0.1) is 0 Å². The lowest BCUT2D eigenvalue weighted by Gasteiger charge is -2.36. The Labute approximate surface area is 97.0 Å². The molecule has 1 fully saturated rings. The van der Waals surface area contributed by atoms with Crippen LogP contribution >= 0.6 is 0 Å². The Morgan fingerprint density at radius 2 is 2.29 bits per heavy atom. The van der Waals surface area contributed by atoms with Crippen LogP contribution in [0, 0.1) is 0 Å². The van der Waals surface area contributed by atoms with Crippen molar-refractivity contribution in [1.82, 2.24) is 15.5 Å². The number of carbonyl (C=O) groups is 1. The number of hydrogen-bond acceptors (Lipinski definition) is 4. The summed E-state index contributed by atoms with van der Waals surface area (Å²) in [4.78, 5) is 12.8. The number of piperazine rings is 1. The Balaban J connectivity index is 2.63. The second-order valence-corrected chi connectivity index (χ2v) is 3.89. The molecule has 0 aromatic rings. The molecule has 0 spiro atoms. The lowest BCUT2D eigenvalue weighted by atomic mass is 10.1. The maximum atomic E-state index is 12.2. The number of amides is 1. The van der Waals surface area contributed by atoms with Crippen LogP contribution in [0.15, 0.2) is 0 Å². The summed E-state index contributed by atoms with van der Waals surface area (Å²) in [5, 5.41) is 14.3. The molecule has 0 aromatic carbocycles. The van der Waals surface area contributed by atoms with Crippen molar-refractivity contribution in [2.24, 2.45) is 0 Å². The van der Waals surface area contributed by atoms with Crippen LogP contribution in [0.5, 0.6) is 0 Å². The van der Waals surface area contributed by atoms with Crippen LogP contribution < -0.4 is 10.6 Å². The van der Waals surface area contributed by atoms with E-state index in [0.29, 0.717) is 13.1 Å². The van der Waals surface area contributed by atoms with Crippen LogP contribution in [0.3, 0.4) is 0 Å². The van der Waals surface area contributed by atoms with Gasteiger partial charge in [-0.3, -0.25) is 9.69 Å². The van der Waals surface area contributed by atoms with E-state index < -0.39 is 24.9 Å². The molecular weight excluding hydrogens is 239 g/mol. The van der Waals surface area contributed by atoms with Crippen LogP contribution in [-0.2, 0) is 4.79 Å². The van der Waals surface area contributed by atoms with Gasteiger partial charge in [0, 0.05) is 33.2 Å². The number of halogens is 3. The van der Waals surface area contributed by atoms with E-state index >= 15 is 0 Å². The number of aliphatic hydroxyl groups is 1. The van der Waals surface area contributed by atoms with Crippen LogP contribution in [0.4, 0.5) is 13.2 Å². The predicted molar refractivity (Wildman–Crippen MR) is 54.4 cm³/mol. The third-order valence-electron chi connectivity index (χ3n) is 2.69. The third kappa shape index (κ3) is 3.83. The van der Waals surface area contributed by atoms with Gasteiger partial charge in [-0.15, -0.1) is 0 Å². The maximum absolute atomic E-state index is 12.2. The first kappa shape index (κ1) is 14.2. The molecule has 0 saturated carbocycles. The van der Waals surface area contributed by atoms with Gasteiger partial charge in [-0.2, -0.15) is 13.2 Å².